The molecule has 1 spiro atoms. The number of rotatable bonds is 2. The maximum Gasteiger partial charge on any atom is 0.158 e. The van der Waals surface area contributed by atoms with Crippen LogP contribution in [-0.2, 0) is 15.9 Å². The predicted molar refractivity (Wildman–Crippen MR) is 117 cm³/mol. The van der Waals surface area contributed by atoms with Crippen LogP contribution in [0.5, 0.6) is 0 Å². The topological polar surface area (TPSA) is 12.5 Å². The Balaban J connectivity index is 1.68. The fraction of sp³-hybridized carbons (Fsp3) is 0.0769. The number of halogens is 2. The van der Waals surface area contributed by atoms with Crippen molar-refractivity contribution in [1.82, 2.24) is 0 Å². The summed E-state index contributed by atoms with van der Waals surface area (Å²) in [5.74, 6) is 0. The first-order valence-corrected chi connectivity index (χ1v) is 10.3. The first kappa shape index (κ1) is 17.3. The fourth-order valence-electron chi connectivity index (χ4n) is 4.95. The van der Waals surface area contributed by atoms with Crippen molar-refractivity contribution >= 4 is 23.2 Å². The van der Waals surface area contributed by atoms with Crippen molar-refractivity contribution in [2.24, 2.45) is 0 Å². The highest BCUT2D eigenvalue weighted by Crippen LogP contribution is 2.73. The minimum atomic E-state index is -0.634. The van der Waals surface area contributed by atoms with Crippen molar-refractivity contribution < 1.29 is 4.74 Å². The van der Waals surface area contributed by atoms with Gasteiger partial charge in [0.2, 0.25) is 0 Å². The summed E-state index contributed by atoms with van der Waals surface area (Å²) in [6.45, 7) is 0. The predicted octanol–water partition coefficient (Wildman–Crippen LogP) is 7.19. The van der Waals surface area contributed by atoms with Crippen LogP contribution in [0.15, 0.2) is 97.1 Å². The number of hydrogen-bond donors (Lipinski definition) is 0. The zero-order chi connectivity index (χ0) is 19.6. The van der Waals surface area contributed by atoms with Crippen LogP contribution < -0.4 is 0 Å². The number of epoxide rings is 1. The van der Waals surface area contributed by atoms with E-state index < -0.39 is 11.2 Å². The summed E-state index contributed by atoms with van der Waals surface area (Å²) >= 11 is 12.4. The second kappa shape index (κ2) is 5.96. The number of hydrogen-bond acceptors (Lipinski definition) is 1. The van der Waals surface area contributed by atoms with Crippen LogP contribution >= 0.6 is 23.2 Å². The van der Waals surface area contributed by atoms with E-state index in [-0.39, 0.29) is 0 Å². The van der Waals surface area contributed by atoms with Gasteiger partial charge in [-0.25, -0.2) is 0 Å². The SMILES string of the molecule is Clc1ccc(C2(c3ccc(Cl)cc3)OC23c2ccccc2-c2ccccc23)cc1. The Morgan fingerprint density at radius 2 is 0.897 bits per heavy atom. The van der Waals surface area contributed by atoms with Gasteiger partial charge in [-0.2, -0.15) is 0 Å². The van der Waals surface area contributed by atoms with Gasteiger partial charge in [0.25, 0.3) is 0 Å². The molecule has 1 nitrogen and oxygen atoms in total. The van der Waals surface area contributed by atoms with E-state index in [9.17, 15) is 0 Å². The average molecular weight is 415 g/mol. The Kier molecular flexibility index (Phi) is 3.56. The van der Waals surface area contributed by atoms with Gasteiger partial charge in [0, 0.05) is 10.0 Å². The molecule has 1 heterocycles. The highest BCUT2D eigenvalue weighted by atomic mass is 35.5. The highest BCUT2D eigenvalue weighted by molar-refractivity contribution is 6.30. The van der Waals surface area contributed by atoms with Crippen molar-refractivity contribution in [3.8, 4) is 11.1 Å². The number of benzene rings is 4. The monoisotopic (exact) mass is 414 g/mol. The lowest BCUT2D eigenvalue weighted by atomic mass is 9.76. The Hall–Kier alpha value is -2.58. The Bertz CT molecular complexity index is 1150. The van der Waals surface area contributed by atoms with Crippen molar-refractivity contribution in [2.45, 2.75) is 11.2 Å². The minimum absolute atomic E-state index is 0.568. The Labute approximate surface area is 179 Å². The van der Waals surface area contributed by atoms with Gasteiger partial charge < -0.3 is 4.74 Å². The molecule has 0 aromatic heterocycles. The molecule has 0 unspecified atom stereocenters. The molecule has 1 aliphatic heterocycles. The third kappa shape index (κ3) is 2.16. The molecule has 29 heavy (non-hydrogen) atoms. The number of fused-ring (bicyclic) bond motifs is 5. The van der Waals surface area contributed by atoms with Gasteiger partial charge in [0.15, 0.2) is 11.2 Å². The molecule has 4 aromatic carbocycles. The second-order valence-electron chi connectivity index (χ2n) is 7.57. The van der Waals surface area contributed by atoms with Crippen LogP contribution in [0.1, 0.15) is 22.3 Å². The van der Waals surface area contributed by atoms with Gasteiger partial charge in [-0.05, 0) is 57.6 Å². The standard InChI is InChI=1S/C26H16Cl2O/c27-19-13-9-17(10-14-19)25(18-11-15-20(28)16-12-18)26(29-25)23-7-3-1-5-21(23)22-6-2-4-8-24(22)26/h1-16H. The molecule has 0 radical (unpaired) electrons. The van der Waals surface area contributed by atoms with Crippen LogP contribution in [-0.4, -0.2) is 0 Å². The molecule has 0 saturated carbocycles. The van der Waals surface area contributed by atoms with Gasteiger partial charge in [0.1, 0.15) is 0 Å². The molecule has 1 saturated heterocycles. The first-order valence-electron chi connectivity index (χ1n) is 9.58. The van der Waals surface area contributed by atoms with Gasteiger partial charge in [-0.15, -0.1) is 0 Å². The molecule has 3 heteroatoms. The van der Waals surface area contributed by atoms with Crippen LogP contribution in [0.25, 0.3) is 11.1 Å². The molecular weight excluding hydrogens is 399 g/mol. The maximum atomic E-state index is 6.87. The Morgan fingerprint density at radius 3 is 1.34 bits per heavy atom. The summed E-state index contributed by atoms with van der Waals surface area (Å²) in [6, 6.07) is 33.0. The van der Waals surface area contributed by atoms with E-state index in [4.69, 9.17) is 27.9 Å². The third-order valence-electron chi connectivity index (χ3n) is 6.16. The molecule has 0 N–H and O–H groups in total. The molecule has 0 amide bonds. The van der Waals surface area contributed by atoms with Crippen molar-refractivity contribution in [3.63, 3.8) is 0 Å². The average Bonchev–Trinajstić information content (AvgIpc) is 3.38. The lowest BCUT2D eigenvalue weighted by molar-refractivity contribution is 0.302. The van der Waals surface area contributed by atoms with E-state index in [0.29, 0.717) is 10.0 Å². The first-order chi connectivity index (χ1) is 14.2. The van der Waals surface area contributed by atoms with E-state index in [2.05, 4.69) is 72.8 Å². The van der Waals surface area contributed by atoms with Crippen molar-refractivity contribution in [2.75, 3.05) is 0 Å². The molecule has 6 rings (SSSR count). The summed E-state index contributed by atoms with van der Waals surface area (Å²) in [5.41, 5.74) is 5.82. The molecule has 140 valence electrons. The van der Waals surface area contributed by atoms with Gasteiger partial charge >= 0.3 is 0 Å². The summed E-state index contributed by atoms with van der Waals surface area (Å²) in [5, 5.41) is 1.42. The van der Waals surface area contributed by atoms with E-state index in [1.54, 1.807) is 0 Å². The Morgan fingerprint density at radius 1 is 0.483 bits per heavy atom. The highest BCUT2D eigenvalue weighted by Gasteiger charge is 2.76. The lowest BCUT2D eigenvalue weighted by Crippen LogP contribution is -2.23. The fourth-order valence-corrected chi connectivity index (χ4v) is 5.20. The summed E-state index contributed by atoms with van der Waals surface area (Å²) in [7, 11) is 0. The summed E-state index contributed by atoms with van der Waals surface area (Å²) in [6.07, 6.45) is 0. The molecule has 1 aliphatic carbocycles. The molecular formula is C26H16Cl2O. The number of ether oxygens (including phenoxy) is 1. The largest absolute Gasteiger partial charge is 0.342 e. The normalized spacial score (nSPS) is 17.0. The van der Waals surface area contributed by atoms with E-state index >= 15 is 0 Å². The minimum Gasteiger partial charge on any atom is -0.342 e. The van der Waals surface area contributed by atoms with E-state index in [1.807, 2.05) is 24.3 Å². The van der Waals surface area contributed by atoms with Crippen LogP contribution in [0.2, 0.25) is 10.0 Å². The molecule has 0 atom stereocenters. The molecule has 0 bridgehead atoms. The summed E-state index contributed by atoms with van der Waals surface area (Å²) in [4.78, 5) is 0. The summed E-state index contributed by atoms with van der Waals surface area (Å²) < 4.78 is 6.87. The van der Waals surface area contributed by atoms with Gasteiger partial charge in [-0.3, -0.25) is 0 Å². The smallest absolute Gasteiger partial charge is 0.158 e. The van der Waals surface area contributed by atoms with Crippen molar-refractivity contribution in [1.29, 1.82) is 0 Å². The van der Waals surface area contributed by atoms with Crippen LogP contribution in [0.4, 0.5) is 0 Å². The zero-order valence-electron chi connectivity index (χ0n) is 15.4. The van der Waals surface area contributed by atoms with Crippen molar-refractivity contribution in [3.05, 3.63) is 129 Å². The van der Waals surface area contributed by atoms with Crippen LogP contribution in [0.3, 0.4) is 0 Å². The third-order valence-corrected chi connectivity index (χ3v) is 6.67. The maximum absolute atomic E-state index is 6.87. The molecule has 2 aliphatic rings. The molecule has 1 fully saturated rings. The van der Waals surface area contributed by atoms with E-state index in [1.165, 1.54) is 22.3 Å². The van der Waals surface area contributed by atoms with E-state index in [0.717, 1.165) is 11.1 Å². The van der Waals surface area contributed by atoms with Gasteiger partial charge in [-0.1, -0.05) is 96.0 Å². The second-order valence-corrected chi connectivity index (χ2v) is 8.44. The zero-order valence-corrected chi connectivity index (χ0v) is 16.9. The lowest BCUT2D eigenvalue weighted by Gasteiger charge is -2.20. The van der Waals surface area contributed by atoms with Crippen LogP contribution in [0, 0.1) is 0 Å². The quantitative estimate of drug-likeness (QED) is 0.316. The molecule has 4 aromatic rings. The van der Waals surface area contributed by atoms with Gasteiger partial charge in [0.05, 0.1) is 0 Å².